The summed E-state index contributed by atoms with van der Waals surface area (Å²) in [6, 6.07) is 6.30. The van der Waals surface area contributed by atoms with Crippen molar-refractivity contribution in [2.75, 3.05) is 54.4 Å². The van der Waals surface area contributed by atoms with Crippen molar-refractivity contribution in [3.8, 4) is 11.5 Å². The number of benzene rings is 1. The molecular weight excluding hydrogens is 571 g/mol. The molecule has 1 fully saturated rings. The van der Waals surface area contributed by atoms with Crippen molar-refractivity contribution < 1.29 is 19.1 Å². The molecular formula is C27H28Cl2N8O4. The second-order valence-corrected chi connectivity index (χ2v) is 10.1. The highest BCUT2D eigenvalue weighted by Crippen LogP contribution is 2.47. The summed E-state index contributed by atoms with van der Waals surface area (Å²) in [5.41, 5.74) is 0.931. The van der Waals surface area contributed by atoms with Crippen molar-refractivity contribution in [3.05, 3.63) is 64.9 Å². The van der Waals surface area contributed by atoms with Crippen LogP contribution in [0, 0.1) is 0 Å². The third kappa shape index (κ3) is 5.40. The van der Waals surface area contributed by atoms with E-state index in [9.17, 15) is 9.59 Å². The first-order chi connectivity index (χ1) is 19.7. The smallest absolute Gasteiger partial charge is 0.330 e. The number of fused-ring (bicyclic) bond motifs is 1. The van der Waals surface area contributed by atoms with Crippen LogP contribution < -0.4 is 34.8 Å². The van der Waals surface area contributed by atoms with Crippen LogP contribution in [0.15, 0.2) is 49.3 Å². The number of amides is 3. The summed E-state index contributed by atoms with van der Waals surface area (Å²) in [5, 5.41) is 6.65. The Kier molecular flexibility index (Phi) is 8.04. The Balaban J connectivity index is 1.42. The molecule has 2 aliphatic rings. The number of aromatic nitrogens is 3. The highest BCUT2D eigenvalue weighted by atomic mass is 35.5. The molecule has 14 heteroatoms. The average molecular weight is 599 g/mol. The van der Waals surface area contributed by atoms with Gasteiger partial charge in [0.2, 0.25) is 11.9 Å². The number of rotatable bonds is 8. The van der Waals surface area contributed by atoms with Crippen molar-refractivity contribution >= 4 is 58.4 Å². The Labute approximate surface area is 246 Å². The molecule has 2 aliphatic heterocycles. The lowest BCUT2D eigenvalue weighted by molar-refractivity contribution is -0.117. The highest BCUT2D eigenvalue weighted by molar-refractivity contribution is 6.42. The summed E-state index contributed by atoms with van der Waals surface area (Å²) in [7, 11) is 4.54. The number of halogens is 2. The Bertz CT molecular complexity index is 1460. The monoisotopic (exact) mass is 598 g/mol. The van der Waals surface area contributed by atoms with Crippen molar-refractivity contribution in [1.29, 1.82) is 0 Å². The molecule has 4 heterocycles. The Morgan fingerprint density at radius 1 is 1.12 bits per heavy atom. The van der Waals surface area contributed by atoms with E-state index < -0.39 is 6.03 Å². The van der Waals surface area contributed by atoms with Gasteiger partial charge in [0.15, 0.2) is 0 Å². The molecule has 214 valence electrons. The van der Waals surface area contributed by atoms with Crippen LogP contribution in [0.3, 0.4) is 0 Å². The van der Waals surface area contributed by atoms with Gasteiger partial charge in [-0.05, 0) is 18.2 Å². The maximum absolute atomic E-state index is 13.6. The van der Waals surface area contributed by atoms with E-state index in [4.69, 9.17) is 32.7 Å². The zero-order chi connectivity index (χ0) is 29.3. The molecule has 3 amide bonds. The summed E-state index contributed by atoms with van der Waals surface area (Å²) in [6.07, 6.45) is 4.60. The fourth-order valence-corrected chi connectivity index (χ4v) is 5.60. The van der Waals surface area contributed by atoms with Gasteiger partial charge in [0.25, 0.3) is 0 Å². The van der Waals surface area contributed by atoms with Crippen LogP contribution in [0.4, 0.5) is 28.1 Å². The summed E-state index contributed by atoms with van der Waals surface area (Å²) in [4.78, 5) is 44.2. The summed E-state index contributed by atoms with van der Waals surface area (Å²) in [5.74, 6) is 1.87. The topological polar surface area (TPSA) is 125 Å². The van der Waals surface area contributed by atoms with E-state index in [2.05, 4.69) is 37.1 Å². The molecule has 2 unspecified atom stereocenters. The van der Waals surface area contributed by atoms with Crippen LogP contribution in [-0.4, -0.2) is 73.3 Å². The van der Waals surface area contributed by atoms with Crippen LogP contribution in [0.5, 0.6) is 11.5 Å². The average Bonchev–Trinajstić information content (AvgIpc) is 3.38. The Morgan fingerprint density at radius 3 is 2.46 bits per heavy atom. The largest absolute Gasteiger partial charge is 0.495 e. The number of carbonyl (C=O) groups is 2. The minimum atomic E-state index is -0.403. The first kappa shape index (κ1) is 28.2. The van der Waals surface area contributed by atoms with Crippen LogP contribution >= 0.6 is 23.2 Å². The maximum atomic E-state index is 13.6. The molecule has 2 aromatic heterocycles. The van der Waals surface area contributed by atoms with Gasteiger partial charge in [-0.3, -0.25) is 14.6 Å². The van der Waals surface area contributed by atoms with Gasteiger partial charge in [-0.15, -0.1) is 0 Å². The second kappa shape index (κ2) is 11.7. The molecule has 0 radical (unpaired) electrons. The molecule has 12 nitrogen and oxygen atoms in total. The number of methoxy groups -OCH3 is 2. The molecule has 0 aliphatic carbocycles. The fourth-order valence-electron chi connectivity index (χ4n) is 4.89. The number of carbonyl (C=O) groups excluding carboxylic acids is 2. The van der Waals surface area contributed by atoms with Crippen molar-refractivity contribution in [2.45, 2.75) is 18.6 Å². The van der Waals surface area contributed by atoms with Gasteiger partial charge >= 0.3 is 6.03 Å². The highest BCUT2D eigenvalue weighted by Gasteiger charge is 2.37. The number of urea groups is 1. The van der Waals surface area contributed by atoms with E-state index in [1.165, 1.54) is 30.1 Å². The number of pyridine rings is 1. The molecule has 5 rings (SSSR count). The molecule has 0 spiro atoms. The number of hydrogen-bond donors (Lipinski definition) is 2. The minimum Gasteiger partial charge on any atom is -0.495 e. The van der Waals surface area contributed by atoms with E-state index in [0.717, 1.165) is 5.82 Å². The normalized spacial score (nSPS) is 18.2. The lowest BCUT2D eigenvalue weighted by Gasteiger charge is -2.35. The van der Waals surface area contributed by atoms with Crippen molar-refractivity contribution in [1.82, 2.24) is 20.3 Å². The lowest BCUT2D eigenvalue weighted by atomic mass is 10.1. The molecule has 3 aromatic rings. The quantitative estimate of drug-likeness (QED) is 0.373. The molecule has 2 atom stereocenters. The van der Waals surface area contributed by atoms with Gasteiger partial charge in [-0.1, -0.05) is 35.8 Å². The Morgan fingerprint density at radius 2 is 1.83 bits per heavy atom. The van der Waals surface area contributed by atoms with Crippen molar-refractivity contribution in [3.63, 3.8) is 0 Å². The lowest BCUT2D eigenvalue weighted by Crippen LogP contribution is -2.47. The van der Waals surface area contributed by atoms with E-state index in [-0.39, 0.29) is 40.3 Å². The zero-order valence-electron chi connectivity index (χ0n) is 22.6. The van der Waals surface area contributed by atoms with Gasteiger partial charge in [0.1, 0.15) is 33.2 Å². The number of ether oxygens (including phenoxy) is 2. The zero-order valence-corrected chi connectivity index (χ0v) is 24.1. The van der Waals surface area contributed by atoms with Crippen LogP contribution in [0.25, 0.3) is 0 Å². The van der Waals surface area contributed by atoms with E-state index in [1.54, 1.807) is 25.5 Å². The fraction of sp³-hybridized carbons (Fsp3) is 0.296. The summed E-state index contributed by atoms with van der Waals surface area (Å²) < 4.78 is 10.7. The van der Waals surface area contributed by atoms with Gasteiger partial charge in [-0.25, -0.2) is 14.8 Å². The van der Waals surface area contributed by atoms with E-state index in [1.807, 2.05) is 18.2 Å². The number of nitrogens with zero attached hydrogens (tertiary/aromatic N) is 6. The second-order valence-electron chi connectivity index (χ2n) is 9.39. The third-order valence-electron chi connectivity index (χ3n) is 6.95. The van der Waals surface area contributed by atoms with Crippen LogP contribution in [-0.2, 0) is 11.3 Å². The van der Waals surface area contributed by atoms with Gasteiger partial charge in [-0.2, -0.15) is 4.98 Å². The summed E-state index contributed by atoms with van der Waals surface area (Å²) in [6.45, 7) is 4.73. The molecule has 1 aromatic carbocycles. The summed E-state index contributed by atoms with van der Waals surface area (Å²) >= 11 is 13.2. The maximum Gasteiger partial charge on any atom is 0.330 e. The van der Waals surface area contributed by atoms with E-state index >= 15 is 0 Å². The predicted octanol–water partition coefficient (Wildman–Crippen LogP) is 3.74. The molecule has 0 saturated carbocycles. The van der Waals surface area contributed by atoms with Crippen LogP contribution in [0.2, 0.25) is 10.0 Å². The van der Waals surface area contributed by atoms with E-state index in [0.29, 0.717) is 41.9 Å². The molecule has 2 N–H and O–H groups in total. The number of nitrogens with one attached hydrogen (secondary N) is 2. The molecule has 41 heavy (non-hydrogen) atoms. The van der Waals surface area contributed by atoms with Crippen molar-refractivity contribution in [2.24, 2.45) is 0 Å². The first-order valence-electron chi connectivity index (χ1n) is 12.6. The minimum absolute atomic E-state index is 0.115. The van der Waals surface area contributed by atoms with Gasteiger partial charge < -0.3 is 25.0 Å². The predicted molar refractivity (Wildman–Crippen MR) is 158 cm³/mol. The van der Waals surface area contributed by atoms with Gasteiger partial charge in [0, 0.05) is 44.2 Å². The standard InChI is InChI=1S/C27H28Cl2N8O4/c1-5-21(38)32-16-13-36(20-8-6-7-9-30-20)14-17(16)33-26-31-11-15-12-37(27(39)35(2)25(15)34-26)24-22(28)18(40-3)10-19(41-4)23(24)29/h5-11,16-17H,1,12-14H2,2-4H3,(H,32,38)(H,31,33,34). The van der Waals surface area contributed by atoms with Crippen LogP contribution in [0.1, 0.15) is 5.56 Å². The number of hydrogen-bond acceptors (Lipinski definition) is 9. The SMILES string of the molecule is C=CC(=O)NC1CN(c2ccccn2)CC1Nc1ncc2c(n1)N(C)C(=O)N(c1c(Cl)c(OC)cc(OC)c1Cl)C2. The molecule has 0 bridgehead atoms. The Hall–Kier alpha value is -4.29. The third-order valence-corrected chi connectivity index (χ3v) is 7.68. The first-order valence-corrected chi connectivity index (χ1v) is 13.4. The number of anilines is 4. The van der Waals surface area contributed by atoms with Gasteiger partial charge in [0.05, 0.1) is 38.5 Å². The molecule has 1 saturated heterocycles.